The van der Waals surface area contributed by atoms with E-state index >= 15 is 0 Å². The van der Waals surface area contributed by atoms with Crippen LogP contribution >= 0.6 is 12.2 Å². The average Bonchev–Trinajstić information content (AvgIpc) is 2.48. The minimum Gasteiger partial charge on any atom is -0.494 e. The highest BCUT2D eigenvalue weighted by atomic mass is 32.1. The third-order valence-electron chi connectivity index (χ3n) is 2.86. The van der Waals surface area contributed by atoms with E-state index in [1.807, 2.05) is 24.3 Å². The van der Waals surface area contributed by atoms with Crippen LogP contribution in [0.5, 0.6) is 5.75 Å². The highest BCUT2D eigenvalue weighted by molar-refractivity contribution is 7.80. The van der Waals surface area contributed by atoms with E-state index in [4.69, 9.17) is 22.7 Å². The summed E-state index contributed by atoms with van der Waals surface area (Å²) in [6, 6.07) is 12.0. The Morgan fingerprint density at radius 1 is 1.24 bits per heavy atom. The fourth-order valence-electron chi connectivity index (χ4n) is 1.78. The summed E-state index contributed by atoms with van der Waals surface area (Å²) in [4.78, 5) is 0.179. The van der Waals surface area contributed by atoms with Crippen LogP contribution in [0.3, 0.4) is 0 Å². The summed E-state index contributed by atoms with van der Waals surface area (Å²) >= 11 is 4.82. The Hall–Kier alpha value is -2.14. The number of anilines is 2. The van der Waals surface area contributed by atoms with Crippen LogP contribution in [0.4, 0.5) is 15.8 Å². The molecule has 0 amide bonds. The molecule has 0 fully saturated rings. The Kier molecular flexibility index (Phi) is 5.11. The van der Waals surface area contributed by atoms with Crippen LogP contribution in [0.2, 0.25) is 0 Å². The summed E-state index contributed by atoms with van der Waals surface area (Å²) in [5, 5.41) is 3.01. The van der Waals surface area contributed by atoms with Crippen LogP contribution < -0.4 is 15.8 Å². The molecular weight excluding hydrogens is 287 g/mol. The van der Waals surface area contributed by atoms with E-state index in [0.717, 1.165) is 17.9 Å². The van der Waals surface area contributed by atoms with Crippen LogP contribution in [0.15, 0.2) is 42.5 Å². The molecule has 2 aromatic carbocycles. The molecule has 0 heterocycles. The van der Waals surface area contributed by atoms with Gasteiger partial charge in [0.25, 0.3) is 0 Å². The maximum atomic E-state index is 13.9. The van der Waals surface area contributed by atoms with Gasteiger partial charge in [-0.25, -0.2) is 4.39 Å². The van der Waals surface area contributed by atoms with Crippen LogP contribution in [0, 0.1) is 5.82 Å². The van der Waals surface area contributed by atoms with Crippen LogP contribution in [-0.2, 0) is 0 Å². The molecule has 0 aliphatic carbocycles. The van der Waals surface area contributed by atoms with E-state index in [0.29, 0.717) is 17.9 Å². The van der Waals surface area contributed by atoms with Gasteiger partial charge in [0, 0.05) is 11.3 Å². The second kappa shape index (κ2) is 7.04. The second-order valence-electron chi connectivity index (χ2n) is 4.56. The standard InChI is InChI=1S/C16H17FN2OS/c1-2-9-20-13-6-4-12(5-7-13)19-15-8-3-11(16(18)21)10-14(15)17/h3-8,10,19H,2,9H2,1H3,(H2,18,21). The summed E-state index contributed by atoms with van der Waals surface area (Å²) < 4.78 is 19.4. The second-order valence-corrected chi connectivity index (χ2v) is 5.00. The zero-order valence-electron chi connectivity index (χ0n) is 11.7. The first-order chi connectivity index (χ1) is 10.1. The lowest BCUT2D eigenvalue weighted by Gasteiger charge is -2.10. The Balaban J connectivity index is 2.09. The first-order valence-electron chi connectivity index (χ1n) is 6.69. The number of ether oxygens (including phenoxy) is 1. The van der Waals surface area contributed by atoms with Crippen LogP contribution in [-0.4, -0.2) is 11.6 Å². The maximum Gasteiger partial charge on any atom is 0.147 e. The normalized spacial score (nSPS) is 10.2. The summed E-state index contributed by atoms with van der Waals surface area (Å²) in [6.07, 6.45) is 0.959. The molecule has 0 aliphatic rings. The third-order valence-corrected chi connectivity index (χ3v) is 3.10. The number of nitrogens with two attached hydrogens (primary N) is 1. The van der Waals surface area contributed by atoms with Crippen molar-refractivity contribution in [3.63, 3.8) is 0 Å². The fourth-order valence-corrected chi connectivity index (χ4v) is 1.91. The highest BCUT2D eigenvalue weighted by Crippen LogP contribution is 2.23. The van der Waals surface area contributed by atoms with Gasteiger partial charge in [0.05, 0.1) is 12.3 Å². The van der Waals surface area contributed by atoms with Gasteiger partial charge in [0.2, 0.25) is 0 Å². The third kappa shape index (κ3) is 4.16. The van der Waals surface area contributed by atoms with Gasteiger partial charge < -0.3 is 15.8 Å². The van der Waals surface area contributed by atoms with Gasteiger partial charge in [-0.1, -0.05) is 19.1 Å². The lowest BCUT2D eigenvalue weighted by molar-refractivity contribution is 0.317. The fraction of sp³-hybridized carbons (Fsp3) is 0.188. The molecular formula is C16H17FN2OS. The molecule has 0 aromatic heterocycles. The molecule has 0 saturated carbocycles. The Morgan fingerprint density at radius 2 is 1.95 bits per heavy atom. The molecule has 0 bridgehead atoms. The van der Waals surface area contributed by atoms with Crippen molar-refractivity contribution in [3.05, 3.63) is 53.8 Å². The topological polar surface area (TPSA) is 47.3 Å². The molecule has 0 radical (unpaired) electrons. The van der Waals surface area contributed by atoms with E-state index in [2.05, 4.69) is 12.2 Å². The van der Waals surface area contributed by atoms with Crippen molar-refractivity contribution in [3.8, 4) is 5.75 Å². The Morgan fingerprint density at radius 3 is 2.52 bits per heavy atom. The lowest BCUT2D eigenvalue weighted by Crippen LogP contribution is -2.09. The Bertz CT molecular complexity index is 629. The zero-order valence-corrected chi connectivity index (χ0v) is 12.5. The quantitative estimate of drug-likeness (QED) is 0.792. The van der Waals surface area contributed by atoms with Gasteiger partial charge in [0.1, 0.15) is 16.6 Å². The van der Waals surface area contributed by atoms with Gasteiger partial charge in [-0.05, 0) is 48.9 Å². The van der Waals surface area contributed by atoms with E-state index in [9.17, 15) is 4.39 Å². The molecule has 0 spiro atoms. The number of nitrogens with one attached hydrogen (secondary N) is 1. The van der Waals surface area contributed by atoms with Crippen molar-refractivity contribution in [2.75, 3.05) is 11.9 Å². The predicted molar refractivity (Wildman–Crippen MR) is 87.8 cm³/mol. The predicted octanol–water partition coefficient (Wildman–Crippen LogP) is 3.99. The number of hydrogen-bond acceptors (Lipinski definition) is 3. The molecule has 2 aromatic rings. The molecule has 0 unspecified atom stereocenters. The van der Waals surface area contributed by atoms with Crippen LogP contribution in [0.1, 0.15) is 18.9 Å². The Labute approximate surface area is 128 Å². The van der Waals surface area contributed by atoms with E-state index in [1.54, 1.807) is 12.1 Å². The minimum absolute atomic E-state index is 0.179. The summed E-state index contributed by atoms with van der Waals surface area (Å²) in [6.45, 7) is 2.73. The zero-order chi connectivity index (χ0) is 15.2. The number of benzene rings is 2. The van der Waals surface area contributed by atoms with Crippen molar-refractivity contribution in [2.45, 2.75) is 13.3 Å². The van der Waals surface area contributed by atoms with Gasteiger partial charge in [0.15, 0.2) is 0 Å². The molecule has 0 saturated heterocycles. The van der Waals surface area contributed by atoms with Gasteiger partial charge in [-0.15, -0.1) is 0 Å². The molecule has 5 heteroatoms. The van der Waals surface area contributed by atoms with E-state index < -0.39 is 5.82 Å². The molecule has 110 valence electrons. The van der Waals surface area contributed by atoms with Gasteiger partial charge >= 0.3 is 0 Å². The number of halogens is 1. The monoisotopic (exact) mass is 304 g/mol. The molecule has 0 aliphatic heterocycles. The number of rotatable bonds is 6. The van der Waals surface area contributed by atoms with Crippen molar-refractivity contribution >= 4 is 28.6 Å². The first-order valence-corrected chi connectivity index (χ1v) is 7.10. The van der Waals surface area contributed by atoms with Crippen LogP contribution in [0.25, 0.3) is 0 Å². The minimum atomic E-state index is -0.397. The molecule has 0 atom stereocenters. The van der Waals surface area contributed by atoms with Crippen molar-refractivity contribution in [1.29, 1.82) is 0 Å². The summed E-state index contributed by atoms with van der Waals surface area (Å²) in [5.41, 5.74) is 7.13. The maximum absolute atomic E-state index is 13.9. The molecule has 3 N–H and O–H groups in total. The molecule has 21 heavy (non-hydrogen) atoms. The summed E-state index contributed by atoms with van der Waals surface area (Å²) in [5.74, 6) is 0.401. The van der Waals surface area contributed by atoms with Gasteiger partial charge in [-0.3, -0.25) is 0 Å². The molecule has 2 rings (SSSR count). The smallest absolute Gasteiger partial charge is 0.147 e. The number of thiocarbonyl (C=S) groups is 1. The van der Waals surface area contributed by atoms with Crippen molar-refractivity contribution in [1.82, 2.24) is 0 Å². The largest absolute Gasteiger partial charge is 0.494 e. The first kappa shape index (κ1) is 15.3. The van der Waals surface area contributed by atoms with Gasteiger partial charge in [-0.2, -0.15) is 0 Å². The lowest BCUT2D eigenvalue weighted by atomic mass is 10.2. The molecule has 3 nitrogen and oxygen atoms in total. The van der Waals surface area contributed by atoms with Crippen molar-refractivity contribution in [2.24, 2.45) is 5.73 Å². The van der Waals surface area contributed by atoms with E-state index in [1.165, 1.54) is 6.07 Å². The SMILES string of the molecule is CCCOc1ccc(Nc2ccc(C(N)=S)cc2F)cc1. The number of hydrogen-bond donors (Lipinski definition) is 2. The highest BCUT2D eigenvalue weighted by Gasteiger charge is 2.05. The summed E-state index contributed by atoms with van der Waals surface area (Å²) in [7, 11) is 0. The van der Waals surface area contributed by atoms with E-state index in [-0.39, 0.29) is 4.99 Å². The van der Waals surface area contributed by atoms with Crippen molar-refractivity contribution < 1.29 is 9.13 Å². The average molecular weight is 304 g/mol.